The monoisotopic (exact) mass is 364 g/mol. The maximum Gasteiger partial charge on any atom is 0.244 e. The number of aromatic nitrogens is 4. The average Bonchev–Trinajstić information content (AvgIpc) is 3.39. The predicted molar refractivity (Wildman–Crippen MR) is 99.0 cm³/mol. The fourth-order valence-electron chi connectivity index (χ4n) is 3.36. The van der Waals surface area contributed by atoms with Crippen molar-refractivity contribution < 1.29 is 9.53 Å². The summed E-state index contributed by atoms with van der Waals surface area (Å²) in [5, 5.41) is 17.8. The number of hydrogen-bond acceptors (Lipinski definition) is 5. The Balaban J connectivity index is 1.64. The van der Waals surface area contributed by atoms with Crippen molar-refractivity contribution in [3.05, 3.63) is 36.9 Å². The first kappa shape index (κ1) is 17.2. The largest absolute Gasteiger partial charge is 0.380 e. The number of carbonyl (C=O) groups is 1. The Hall–Kier alpha value is -3.18. The average molecular weight is 364 g/mol. The fourth-order valence-corrected chi connectivity index (χ4v) is 3.36. The molecule has 0 bridgehead atoms. The van der Waals surface area contributed by atoms with Crippen LogP contribution in [0.5, 0.6) is 0 Å². The van der Waals surface area contributed by atoms with E-state index in [9.17, 15) is 4.79 Å². The van der Waals surface area contributed by atoms with Crippen LogP contribution >= 0.6 is 0 Å². The number of carbonyl (C=O) groups excluding carboxylic acids is 1. The number of nitriles is 1. The molecule has 3 aromatic rings. The topological polar surface area (TPSA) is 88.5 Å². The van der Waals surface area contributed by atoms with Gasteiger partial charge in [-0.3, -0.25) is 9.48 Å². The molecular weight excluding hydrogens is 344 g/mol. The van der Waals surface area contributed by atoms with Gasteiger partial charge in [-0.25, -0.2) is 4.52 Å². The van der Waals surface area contributed by atoms with E-state index in [0.29, 0.717) is 32.7 Å². The molecule has 0 aliphatic carbocycles. The number of hydrogen-bond donors (Lipinski definition) is 0. The first-order valence-electron chi connectivity index (χ1n) is 9.00. The zero-order chi connectivity index (χ0) is 18.8. The van der Waals surface area contributed by atoms with Crippen molar-refractivity contribution in [1.82, 2.24) is 19.4 Å². The minimum Gasteiger partial charge on any atom is -0.380 e. The highest BCUT2D eigenvalue weighted by Gasteiger charge is 2.33. The molecule has 8 nitrogen and oxygen atoms in total. The molecule has 3 aromatic heterocycles. The standard InChI is InChI=1S/C19H20N6O2/c1-2-27-8-7-23-12-16(11-22-23)15-9-18-17(3-5-21-25(18)13-15)24-6-4-14(10-20)19(24)26/h3,5,9,11-14H,2,4,6-8H2,1H3. The summed E-state index contributed by atoms with van der Waals surface area (Å²) >= 11 is 0. The highest BCUT2D eigenvalue weighted by atomic mass is 16.5. The third-order valence-corrected chi connectivity index (χ3v) is 4.77. The van der Waals surface area contributed by atoms with Gasteiger partial charge in [-0.2, -0.15) is 15.5 Å². The normalized spacial score (nSPS) is 17.0. The number of rotatable bonds is 6. The van der Waals surface area contributed by atoms with E-state index in [4.69, 9.17) is 10.00 Å². The van der Waals surface area contributed by atoms with Crippen LogP contribution < -0.4 is 4.90 Å². The second-order valence-corrected chi connectivity index (χ2v) is 6.42. The second-order valence-electron chi connectivity index (χ2n) is 6.42. The van der Waals surface area contributed by atoms with Crippen LogP contribution in [-0.2, 0) is 16.1 Å². The van der Waals surface area contributed by atoms with Crippen molar-refractivity contribution in [1.29, 1.82) is 5.26 Å². The first-order chi connectivity index (χ1) is 13.2. The maximum atomic E-state index is 12.4. The highest BCUT2D eigenvalue weighted by Crippen LogP contribution is 2.31. The predicted octanol–water partition coefficient (Wildman–Crippen LogP) is 2.11. The van der Waals surface area contributed by atoms with E-state index >= 15 is 0 Å². The maximum absolute atomic E-state index is 12.4. The van der Waals surface area contributed by atoms with Gasteiger partial charge >= 0.3 is 0 Å². The van der Waals surface area contributed by atoms with E-state index < -0.39 is 5.92 Å². The van der Waals surface area contributed by atoms with Gasteiger partial charge in [0.1, 0.15) is 5.92 Å². The summed E-state index contributed by atoms with van der Waals surface area (Å²) < 4.78 is 8.98. The van der Waals surface area contributed by atoms with Crippen LogP contribution in [0.3, 0.4) is 0 Å². The number of anilines is 1. The van der Waals surface area contributed by atoms with Gasteiger partial charge in [0.25, 0.3) is 0 Å². The minimum absolute atomic E-state index is 0.142. The van der Waals surface area contributed by atoms with Gasteiger partial charge < -0.3 is 9.64 Å². The van der Waals surface area contributed by atoms with Gasteiger partial charge in [-0.05, 0) is 25.5 Å². The molecule has 1 aliphatic rings. The Kier molecular flexibility index (Phi) is 4.60. The number of fused-ring (bicyclic) bond motifs is 1. The molecule has 0 aromatic carbocycles. The molecule has 1 atom stereocenters. The number of ether oxygens (including phenoxy) is 1. The van der Waals surface area contributed by atoms with E-state index in [1.807, 2.05) is 42.3 Å². The molecule has 0 saturated carbocycles. The van der Waals surface area contributed by atoms with E-state index in [0.717, 1.165) is 22.3 Å². The van der Waals surface area contributed by atoms with Crippen molar-refractivity contribution in [3.8, 4) is 17.2 Å². The lowest BCUT2D eigenvalue weighted by atomic mass is 10.1. The van der Waals surface area contributed by atoms with Crippen LogP contribution in [0.2, 0.25) is 0 Å². The minimum atomic E-state index is -0.559. The quantitative estimate of drug-likeness (QED) is 0.625. The van der Waals surface area contributed by atoms with Gasteiger partial charge in [0.05, 0.1) is 36.6 Å². The molecular formula is C19H20N6O2. The summed E-state index contributed by atoms with van der Waals surface area (Å²) in [6.45, 7) is 4.53. The highest BCUT2D eigenvalue weighted by molar-refractivity contribution is 6.02. The summed E-state index contributed by atoms with van der Waals surface area (Å²) in [5.41, 5.74) is 3.57. The van der Waals surface area contributed by atoms with Crippen LogP contribution in [-0.4, -0.2) is 45.1 Å². The van der Waals surface area contributed by atoms with Gasteiger partial charge in [0.2, 0.25) is 5.91 Å². The summed E-state index contributed by atoms with van der Waals surface area (Å²) in [5.74, 6) is -0.701. The van der Waals surface area contributed by atoms with Crippen LogP contribution in [0, 0.1) is 17.2 Å². The summed E-state index contributed by atoms with van der Waals surface area (Å²) in [6.07, 6.45) is 7.94. The molecule has 4 rings (SSSR count). The van der Waals surface area contributed by atoms with Gasteiger partial charge in [0, 0.05) is 42.9 Å². The third-order valence-electron chi connectivity index (χ3n) is 4.77. The first-order valence-corrected chi connectivity index (χ1v) is 9.00. The van der Waals surface area contributed by atoms with Gasteiger partial charge in [-0.15, -0.1) is 0 Å². The van der Waals surface area contributed by atoms with Crippen LogP contribution in [0.4, 0.5) is 5.69 Å². The number of nitrogens with zero attached hydrogens (tertiary/aromatic N) is 6. The Morgan fingerprint density at radius 3 is 3.00 bits per heavy atom. The lowest BCUT2D eigenvalue weighted by Crippen LogP contribution is -2.27. The molecule has 8 heteroatoms. The zero-order valence-electron chi connectivity index (χ0n) is 15.1. The molecule has 1 amide bonds. The molecule has 27 heavy (non-hydrogen) atoms. The molecule has 138 valence electrons. The Morgan fingerprint density at radius 2 is 2.22 bits per heavy atom. The molecule has 1 saturated heterocycles. The lowest BCUT2D eigenvalue weighted by Gasteiger charge is -2.16. The van der Waals surface area contributed by atoms with E-state index in [-0.39, 0.29) is 5.91 Å². The zero-order valence-corrected chi connectivity index (χ0v) is 15.1. The second kappa shape index (κ2) is 7.21. The molecule has 4 heterocycles. The summed E-state index contributed by atoms with van der Waals surface area (Å²) in [4.78, 5) is 14.1. The van der Waals surface area contributed by atoms with Gasteiger partial charge in [0.15, 0.2) is 0 Å². The molecule has 0 N–H and O–H groups in total. The molecule has 0 radical (unpaired) electrons. The van der Waals surface area contributed by atoms with E-state index in [1.165, 1.54) is 0 Å². The molecule has 1 fully saturated rings. The van der Waals surface area contributed by atoms with Crippen LogP contribution in [0.15, 0.2) is 36.9 Å². The molecule has 0 spiro atoms. The van der Waals surface area contributed by atoms with Crippen molar-refractivity contribution in [2.45, 2.75) is 19.9 Å². The fraction of sp³-hybridized carbons (Fsp3) is 0.368. The number of amides is 1. The van der Waals surface area contributed by atoms with Crippen molar-refractivity contribution in [2.24, 2.45) is 5.92 Å². The Morgan fingerprint density at radius 1 is 1.33 bits per heavy atom. The summed E-state index contributed by atoms with van der Waals surface area (Å²) in [6, 6.07) is 5.90. The van der Waals surface area contributed by atoms with Crippen LogP contribution in [0.25, 0.3) is 16.6 Å². The summed E-state index contributed by atoms with van der Waals surface area (Å²) in [7, 11) is 0. The van der Waals surface area contributed by atoms with Crippen LogP contribution in [0.1, 0.15) is 13.3 Å². The smallest absolute Gasteiger partial charge is 0.244 e. The van der Waals surface area contributed by atoms with Crippen molar-refractivity contribution in [3.63, 3.8) is 0 Å². The van der Waals surface area contributed by atoms with E-state index in [1.54, 1.807) is 15.6 Å². The molecule has 1 unspecified atom stereocenters. The lowest BCUT2D eigenvalue weighted by molar-refractivity contribution is -0.118. The molecule has 1 aliphatic heterocycles. The third kappa shape index (κ3) is 3.17. The van der Waals surface area contributed by atoms with E-state index in [2.05, 4.69) is 16.3 Å². The van der Waals surface area contributed by atoms with Crippen molar-refractivity contribution in [2.75, 3.05) is 24.7 Å². The Bertz CT molecular complexity index is 1010. The van der Waals surface area contributed by atoms with Gasteiger partial charge in [-0.1, -0.05) is 0 Å². The SMILES string of the molecule is CCOCCn1cc(-c2cc3c(N4CCC(C#N)C4=O)ccnn3c2)cn1. The van der Waals surface area contributed by atoms with Crippen molar-refractivity contribution >= 4 is 17.1 Å². The Labute approximate surface area is 156 Å².